The number of carbonyl (C=O) groups excluding carboxylic acids is 2. The molecule has 0 aliphatic carbocycles. The van der Waals surface area contributed by atoms with Crippen LogP contribution in [0.15, 0.2) is 72.8 Å². The summed E-state index contributed by atoms with van der Waals surface area (Å²) >= 11 is 0. The minimum Gasteiger partial charge on any atom is -0.386 e. The lowest BCUT2D eigenvalue weighted by atomic mass is 9.94. The Balaban J connectivity index is 1.73. The van der Waals surface area contributed by atoms with Gasteiger partial charge in [-0.3, -0.25) is 0 Å². The largest absolute Gasteiger partial charge is 0.386 e. The third-order valence-electron chi connectivity index (χ3n) is 4.79. The molecule has 3 nitrogen and oxygen atoms in total. The summed E-state index contributed by atoms with van der Waals surface area (Å²) in [6.45, 7) is 0. The number of ether oxygens (including phenoxy) is 1. The molecule has 0 spiro atoms. The van der Waals surface area contributed by atoms with Gasteiger partial charge in [0.2, 0.25) is 0 Å². The molecule has 0 saturated heterocycles. The van der Waals surface area contributed by atoms with E-state index < -0.39 is 11.9 Å². The minimum atomic E-state index is -0.614. The van der Waals surface area contributed by atoms with Crippen LogP contribution >= 0.6 is 0 Å². The maximum absolute atomic E-state index is 12.0. The summed E-state index contributed by atoms with van der Waals surface area (Å²) in [5.74, 6) is 5.23. The molecule has 0 radical (unpaired) electrons. The smallest absolute Gasteiger partial charge is 0.346 e. The Morgan fingerprint density at radius 1 is 0.593 bits per heavy atom. The van der Waals surface area contributed by atoms with Crippen molar-refractivity contribution in [3.8, 4) is 11.8 Å². The summed E-state index contributed by atoms with van der Waals surface area (Å²) in [5, 5.41) is 3.62. The van der Waals surface area contributed by atoms with Gasteiger partial charge in [-0.2, -0.15) is 0 Å². The summed E-state index contributed by atoms with van der Waals surface area (Å²) in [6.07, 6.45) is 0. The third kappa shape index (κ3) is 2.39. The van der Waals surface area contributed by atoms with E-state index in [0.29, 0.717) is 16.5 Å². The Bertz CT molecular complexity index is 1310. The molecule has 0 atom stereocenters. The van der Waals surface area contributed by atoms with E-state index in [1.54, 1.807) is 24.3 Å². The van der Waals surface area contributed by atoms with E-state index in [9.17, 15) is 9.59 Å². The molecule has 0 saturated carbocycles. The van der Waals surface area contributed by atoms with E-state index in [1.165, 1.54) is 0 Å². The Hall–Kier alpha value is -3.90. The van der Waals surface area contributed by atoms with Crippen LogP contribution in [0.2, 0.25) is 0 Å². The third-order valence-corrected chi connectivity index (χ3v) is 4.79. The van der Waals surface area contributed by atoms with Gasteiger partial charge in [0.05, 0.1) is 11.1 Å². The van der Waals surface area contributed by atoms with Crippen molar-refractivity contribution in [3.63, 3.8) is 0 Å². The molecule has 0 N–H and O–H groups in total. The lowest BCUT2D eigenvalue weighted by Crippen LogP contribution is -2.19. The van der Waals surface area contributed by atoms with Crippen LogP contribution in [0.1, 0.15) is 31.8 Å². The number of fused-ring (bicyclic) bond motifs is 1. The van der Waals surface area contributed by atoms with Gasteiger partial charge in [0.25, 0.3) is 0 Å². The first-order valence-corrected chi connectivity index (χ1v) is 8.54. The molecular weight excluding hydrogens is 336 g/mol. The van der Waals surface area contributed by atoms with Crippen LogP contribution in [0, 0.1) is 11.8 Å². The van der Waals surface area contributed by atoms with E-state index in [0.717, 1.165) is 27.3 Å². The summed E-state index contributed by atoms with van der Waals surface area (Å²) in [7, 11) is 0. The monoisotopic (exact) mass is 348 g/mol. The fourth-order valence-corrected chi connectivity index (χ4v) is 3.52. The van der Waals surface area contributed by atoms with Crippen molar-refractivity contribution in [2.45, 2.75) is 0 Å². The number of benzene rings is 4. The van der Waals surface area contributed by atoms with Crippen molar-refractivity contribution in [3.05, 3.63) is 95.1 Å². The highest BCUT2D eigenvalue weighted by atomic mass is 16.6. The second-order valence-electron chi connectivity index (χ2n) is 6.34. The zero-order chi connectivity index (χ0) is 18.4. The summed E-state index contributed by atoms with van der Waals surface area (Å²) in [4.78, 5) is 24.1. The first kappa shape index (κ1) is 15.4. The molecule has 5 rings (SSSR count). The van der Waals surface area contributed by atoms with E-state index in [1.807, 2.05) is 36.4 Å². The molecule has 27 heavy (non-hydrogen) atoms. The maximum atomic E-state index is 12.0. The molecule has 0 aromatic heterocycles. The van der Waals surface area contributed by atoms with Gasteiger partial charge in [0.1, 0.15) is 0 Å². The van der Waals surface area contributed by atoms with E-state index in [4.69, 9.17) is 4.74 Å². The number of carbonyl (C=O) groups is 2. The van der Waals surface area contributed by atoms with Gasteiger partial charge < -0.3 is 4.74 Å². The van der Waals surface area contributed by atoms with Crippen molar-refractivity contribution in [1.82, 2.24) is 0 Å². The Kier molecular flexibility index (Phi) is 3.31. The standard InChI is InChI=1S/C24H12O3/c25-23-20-10-4-9-19-17(13-14-21(22(19)20)24(26)27-23)12-11-16-7-3-6-15-5-1-2-8-18(15)16/h1-10,13-14H. The Labute approximate surface area is 155 Å². The molecule has 4 aromatic carbocycles. The number of esters is 2. The second-order valence-corrected chi connectivity index (χ2v) is 6.34. The predicted octanol–water partition coefficient (Wildman–Crippen LogP) is 4.70. The van der Waals surface area contributed by atoms with Crippen LogP contribution in [0.4, 0.5) is 0 Å². The van der Waals surface area contributed by atoms with E-state index >= 15 is 0 Å². The van der Waals surface area contributed by atoms with Crippen molar-refractivity contribution < 1.29 is 14.3 Å². The van der Waals surface area contributed by atoms with Gasteiger partial charge in [-0.25, -0.2) is 9.59 Å². The lowest BCUT2D eigenvalue weighted by Gasteiger charge is -2.15. The average Bonchev–Trinajstić information content (AvgIpc) is 2.70. The normalized spacial score (nSPS) is 12.6. The number of rotatable bonds is 0. The fourth-order valence-electron chi connectivity index (χ4n) is 3.52. The molecule has 0 bridgehead atoms. The molecular formula is C24H12O3. The van der Waals surface area contributed by atoms with Crippen molar-refractivity contribution in [2.24, 2.45) is 0 Å². The number of cyclic esters (lactones) is 2. The van der Waals surface area contributed by atoms with Crippen LogP contribution in [0.5, 0.6) is 0 Å². The van der Waals surface area contributed by atoms with Crippen LogP contribution < -0.4 is 0 Å². The van der Waals surface area contributed by atoms with Gasteiger partial charge in [-0.1, -0.05) is 60.4 Å². The molecule has 4 aromatic rings. The highest BCUT2D eigenvalue weighted by Crippen LogP contribution is 2.30. The van der Waals surface area contributed by atoms with Gasteiger partial charge >= 0.3 is 11.9 Å². The van der Waals surface area contributed by atoms with Crippen LogP contribution in [0.3, 0.4) is 0 Å². The van der Waals surface area contributed by atoms with Crippen LogP contribution in [0.25, 0.3) is 21.5 Å². The zero-order valence-corrected chi connectivity index (χ0v) is 14.2. The van der Waals surface area contributed by atoms with Crippen molar-refractivity contribution in [2.75, 3.05) is 0 Å². The predicted molar refractivity (Wildman–Crippen MR) is 104 cm³/mol. The number of hydrogen-bond donors (Lipinski definition) is 0. The first-order valence-electron chi connectivity index (χ1n) is 8.54. The van der Waals surface area contributed by atoms with Gasteiger partial charge in [-0.15, -0.1) is 0 Å². The Morgan fingerprint density at radius 2 is 1.22 bits per heavy atom. The Morgan fingerprint density at radius 3 is 2.07 bits per heavy atom. The fraction of sp³-hybridized carbons (Fsp3) is 0. The topological polar surface area (TPSA) is 43.4 Å². The van der Waals surface area contributed by atoms with E-state index in [-0.39, 0.29) is 0 Å². The van der Waals surface area contributed by atoms with Gasteiger partial charge in [-0.05, 0) is 40.4 Å². The minimum absolute atomic E-state index is 0.399. The van der Waals surface area contributed by atoms with Crippen molar-refractivity contribution in [1.29, 1.82) is 0 Å². The molecule has 0 unspecified atom stereocenters. The average molecular weight is 348 g/mol. The molecule has 1 aliphatic rings. The summed E-state index contributed by atoms with van der Waals surface area (Å²) in [6, 6.07) is 22.9. The zero-order valence-electron chi connectivity index (χ0n) is 14.2. The van der Waals surface area contributed by atoms with Crippen molar-refractivity contribution >= 4 is 33.5 Å². The van der Waals surface area contributed by atoms with Crippen LogP contribution in [-0.2, 0) is 4.74 Å². The van der Waals surface area contributed by atoms with Gasteiger partial charge in [0, 0.05) is 16.5 Å². The highest BCUT2D eigenvalue weighted by molar-refractivity contribution is 6.21. The summed E-state index contributed by atoms with van der Waals surface area (Å²) < 4.78 is 4.81. The van der Waals surface area contributed by atoms with Crippen LogP contribution in [-0.4, -0.2) is 11.9 Å². The molecule has 0 fully saturated rings. The SMILES string of the molecule is O=C1OC(=O)c2ccc(C#Cc3cccc4ccccc34)c3cccc1c23. The highest BCUT2D eigenvalue weighted by Gasteiger charge is 2.27. The van der Waals surface area contributed by atoms with E-state index in [2.05, 4.69) is 24.0 Å². The number of hydrogen-bond acceptors (Lipinski definition) is 3. The second kappa shape index (κ2) is 5.82. The first-order chi connectivity index (χ1) is 13.2. The lowest BCUT2D eigenvalue weighted by molar-refractivity contribution is 0.0391. The molecule has 0 amide bonds. The molecule has 3 heteroatoms. The van der Waals surface area contributed by atoms with Gasteiger partial charge in [0.15, 0.2) is 0 Å². The quantitative estimate of drug-likeness (QED) is 0.263. The maximum Gasteiger partial charge on any atom is 0.346 e. The molecule has 1 aliphatic heterocycles. The molecule has 126 valence electrons. The summed E-state index contributed by atoms with van der Waals surface area (Å²) in [5.41, 5.74) is 2.50. The molecule has 1 heterocycles.